The van der Waals surface area contributed by atoms with Crippen molar-refractivity contribution in [1.82, 2.24) is 0 Å². The number of aryl methyl sites for hydroxylation is 2. The van der Waals surface area contributed by atoms with Crippen LogP contribution in [0.15, 0.2) is 34.8 Å². The van der Waals surface area contributed by atoms with Crippen molar-refractivity contribution < 1.29 is 4.74 Å². The number of nitrogens with two attached hydrogens (primary N) is 1. The molecule has 0 saturated carbocycles. The van der Waals surface area contributed by atoms with Crippen LogP contribution in [-0.2, 0) is 6.61 Å². The van der Waals surface area contributed by atoms with Gasteiger partial charge in [0.1, 0.15) is 12.4 Å². The molecule has 0 spiro atoms. The zero-order valence-corrected chi connectivity index (χ0v) is 13.0. The third kappa shape index (κ3) is 3.10. The van der Waals surface area contributed by atoms with E-state index in [2.05, 4.69) is 48.8 Å². The summed E-state index contributed by atoms with van der Waals surface area (Å²) in [7, 11) is 0. The number of ether oxygens (including phenoxy) is 1. The van der Waals surface area contributed by atoms with Crippen LogP contribution in [0.5, 0.6) is 5.75 Å². The summed E-state index contributed by atoms with van der Waals surface area (Å²) in [6.07, 6.45) is 0. The minimum atomic E-state index is 0.469. The largest absolute Gasteiger partial charge is 0.488 e. The first-order valence-corrected chi connectivity index (χ1v) is 7.02. The quantitative estimate of drug-likeness (QED) is 0.843. The summed E-state index contributed by atoms with van der Waals surface area (Å²) in [5.74, 6) is 0.924. The SMILES string of the molecule is Cc1cc(C)c(C)c(OCc2c(N)cccc2Br)c1. The van der Waals surface area contributed by atoms with Crippen molar-refractivity contribution in [3.8, 4) is 5.75 Å². The van der Waals surface area contributed by atoms with Gasteiger partial charge in [0, 0.05) is 15.7 Å². The number of hydrogen-bond acceptors (Lipinski definition) is 2. The average Bonchev–Trinajstić information content (AvgIpc) is 2.34. The number of halogens is 1. The molecule has 2 aromatic rings. The monoisotopic (exact) mass is 319 g/mol. The number of nitrogen functional groups attached to an aromatic ring is 1. The number of rotatable bonds is 3. The minimum Gasteiger partial charge on any atom is -0.488 e. The molecule has 2 rings (SSSR count). The third-order valence-corrected chi connectivity index (χ3v) is 4.03. The second-order valence-electron chi connectivity index (χ2n) is 4.80. The predicted octanol–water partition coefficient (Wildman–Crippen LogP) is 4.54. The highest BCUT2D eigenvalue weighted by atomic mass is 79.9. The molecule has 0 atom stereocenters. The third-order valence-electron chi connectivity index (χ3n) is 3.29. The molecule has 0 aliphatic heterocycles. The molecule has 0 saturated heterocycles. The van der Waals surface area contributed by atoms with Crippen molar-refractivity contribution in [2.75, 3.05) is 5.73 Å². The molecule has 0 aliphatic rings. The molecular formula is C16H18BrNO. The van der Waals surface area contributed by atoms with Gasteiger partial charge in [-0.05, 0) is 55.7 Å². The minimum absolute atomic E-state index is 0.469. The predicted molar refractivity (Wildman–Crippen MR) is 83.5 cm³/mol. The van der Waals surface area contributed by atoms with E-state index in [0.29, 0.717) is 6.61 Å². The molecular weight excluding hydrogens is 302 g/mol. The Morgan fingerprint density at radius 1 is 1.16 bits per heavy atom. The van der Waals surface area contributed by atoms with Crippen LogP contribution in [0.2, 0.25) is 0 Å². The Kier molecular flexibility index (Phi) is 4.15. The van der Waals surface area contributed by atoms with E-state index in [1.807, 2.05) is 18.2 Å². The van der Waals surface area contributed by atoms with E-state index in [0.717, 1.165) is 21.5 Å². The average molecular weight is 320 g/mol. The molecule has 100 valence electrons. The summed E-state index contributed by atoms with van der Waals surface area (Å²) in [6, 6.07) is 10.0. The molecule has 19 heavy (non-hydrogen) atoms. The van der Waals surface area contributed by atoms with Gasteiger partial charge < -0.3 is 10.5 Å². The van der Waals surface area contributed by atoms with Gasteiger partial charge in [0.05, 0.1) is 0 Å². The molecule has 0 aromatic heterocycles. The second kappa shape index (κ2) is 5.66. The molecule has 0 heterocycles. The van der Waals surface area contributed by atoms with Crippen molar-refractivity contribution in [1.29, 1.82) is 0 Å². The summed E-state index contributed by atoms with van der Waals surface area (Å²) in [4.78, 5) is 0. The van der Waals surface area contributed by atoms with Gasteiger partial charge in [0.2, 0.25) is 0 Å². The topological polar surface area (TPSA) is 35.2 Å². The van der Waals surface area contributed by atoms with Gasteiger partial charge in [-0.1, -0.05) is 28.1 Å². The zero-order chi connectivity index (χ0) is 14.0. The molecule has 2 N–H and O–H groups in total. The maximum absolute atomic E-state index is 5.97. The molecule has 2 nitrogen and oxygen atoms in total. The number of benzene rings is 2. The van der Waals surface area contributed by atoms with Crippen molar-refractivity contribution in [2.45, 2.75) is 27.4 Å². The molecule has 0 radical (unpaired) electrons. The molecule has 0 amide bonds. The Morgan fingerprint density at radius 2 is 1.89 bits per heavy atom. The standard InChI is InChI=1S/C16H18BrNO/c1-10-7-11(2)12(3)16(8-10)19-9-13-14(17)5-4-6-15(13)18/h4-8H,9,18H2,1-3H3. The van der Waals surface area contributed by atoms with Crippen LogP contribution in [-0.4, -0.2) is 0 Å². The van der Waals surface area contributed by atoms with Crippen LogP contribution >= 0.6 is 15.9 Å². The maximum atomic E-state index is 5.97. The fourth-order valence-corrected chi connectivity index (χ4v) is 2.52. The summed E-state index contributed by atoms with van der Waals surface area (Å²) in [6.45, 7) is 6.72. The number of hydrogen-bond donors (Lipinski definition) is 1. The van der Waals surface area contributed by atoms with Crippen LogP contribution in [0.3, 0.4) is 0 Å². The first-order chi connectivity index (χ1) is 8.99. The lowest BCUT2D eigenvalue weighted by atomic mass is 10.1. The molecule has 2 aromatic carbocycles. The Hall–Kier alpha value is -1.48. The highest BCUT2D eigenvalue weighted by Crippen LogP contribution is 2.27. The highest BCUT2D eigenvalue weighted by molar-refractivity contribution is 9.10. The van der Waals surface area contributed by atoms with E-state index < -0.39 is 0 Å². The summed E-state index contributed by atoms with van der Waals surface area (Å²) in [5, 5.41) is 0. The van der Waals surface area contributed by atoms with Gasteiger partial charge >= 0.3 is 0 Å². The van der Waals surface area contributed by atoms with Gasteiger partial charge in [0.25, 0.3) is 0 Å². The molecule has 0 bridgehead atoms. The lowest BCUT2D eigenvalue weighted by Crippen LogP contribution is -2.03. The van der Waals surface area contributed by atoms with Gasteiger partial charge in [0.15, 0.2) is 0 Å². The normalized spacial score (nSPS) is 10.5. The zero-order valence-electron chi connectivity index (χ0n) is 11.5. The molecule has 0 fully saturated rings. The smallest absolute Gasteiger partial charge is 0.123 e. The van der Waals surface area contributed by atoms with Crippen LogP contribution in [0.4, 0.5) is 5.69 Å². The van der Waals surface area contributed by atoms with Crippen molar-refractivity contribution in [2.24, 2.45) is 0 Å². The van der Waals surface area contributed by atoms with E-state index in [9.17, 15) is 0 Å². The Balaban J connectivity index is 2.24. The first-order valence-electron chi connectivity index (χ1n) is 6.22. The van der Waals surface area contributed by atoms with E-state index in [-0.39, 0.29) is 0 Å². The van der Waals surface area contributed by atoms with Crippen molar-refractivity contribution in [3.63, 3.8) is 0 Å². The summed E-state index contributed by atoms with van der Waals surface area (Å²) < 4.78 is 6.92. The van der Waals surface area contributed by atoms with Crippen LogP contribution in [0.25, 0.3) is 0 Å². The van der Waals surface area contributed by atoms with Crippen molar-refractivity contribution >= 4 is 21.6 Å². The molecule has 3 heteroatoms. The number of anilines is 1. The Labute approximate surface area is 122 Å². The van der Waals surface area contributed by atoms with Crippen molar-refractivity contribution in [3.05, 3.63) is 57.1 Å². The second-order valence-corrected chi connectivity index (χ2v) is 5.66. The lowest BCUT2D eigenvalue weighted by Gasteiger charge is -2.14. The Bertz CT molecular complexity index is 588. The molecule has 0 aliphatic carbocycles. The van der Waals surface area contributed by atoms with E-state index in [1.165, 1.54) is 16.7 Å². The molecule has 0 unspecified atom stereocenters. The Morgan fingerprint density at radius 3 is 2.58 bits per heavy atom. The van der Waals surface area contributed by atoms with Crippen LogP contribution in [0.1, 0.15) is 22.3 Å². The maximum Gasteiger partial charge on any atom is 0.123 e. The van der Waals surface area contributed by atoms with E-state index in [1.54, 1.807) is 0 Å². The fourth-order valence-electron chi connectivity index (χ4n) is 2.03. The van der Waals surface area contributed by atoms with Gasteiger partial charge in [-0.15, -0.1) is 0 Å². The highest BCUT2D eigenvalue weighted by Gasteiger charge is 2.08. The summed E-state index contributed by atoms with van der Waals surface area (Å²) >= 11 is 3.51. The van der Waals surface area contributed by atoms with E-state index >= 15 is 0 Å². The first kappa shape index (κ1) is 13.9. The summed E-state index contributed by atoms with van der Waals surface area (Å²) in [5.41, 5.74) is 11.3. The van der Waals surface area contributed by atoms with Gasteiger partial charge in [-0.2, -0.15) is 0 Å². The lowest BCUT2D eigenvalue weighted by molar-refractivity contribution is 0.303. The fraction of sp³-hybridized carbons (Fsp3) is 0.250. The van der Waals surface area contributed by atoms with Gasteiger partial charge in [-0.25, -0.2) is 0 Å². The van der Waals surface area contributed by atoms with E-state index in [4.69, 9.17) is 10.5 Å². The van der Waals surface area contributed by atoms with Gasteiger partial charge in [-0.3, -0.25) is 0 Å². The van der Waals surface area contributed by atoms with Crippen LogP contribution in [0, 0.1) is 20.8 Å². The van der Waals surface area contributed by atoms with Crippen LogP contribution < -0.4 is 10.5 Å².